The van der Waals surface area contributed by atoms with Gasteiger partial charge in [0.05, 0.1) is 22.5 Å². The maximum Gasteiger partial charge on any atom is 0.416 e. The second-order valence-corrected chi connectivity index (χ2v) is 8.49. The molecule has 11 heteroatoms. The first kappa shape index (κ1) is 24.7. The Morgan fingerprint density at radius 2 is 1.88 bits per heavy atom. The van der Waals surface area contributed by atoms with Gasteiger partial charge in [-0.2, -0.15) is 13.2 Å². The molecule has 1 fully saturated rings. The molecule has 7 nitrogen and oxygen atoms in total. The molecule has 1 aliphatic rings. The molecule has 180 valence electrons. The van der Waals surface area contributed by atoms with E-state index >= 15 is 4.39 Å². The molecule has 0 spiro atoms. The van der Waals surface area contributed by atoms with Crippen molar-refractivity contribution in [2.24, 2.45) is 22.6 Å². The van der Waals surface area contributed by atoms with Gasteiger partial charge in [-0.1, -0.05) is 13.8 Å². The standard InChI is InChI=1S/C22H29F4N7/c1-14(2)9-15-10-18(23)20(21(27)30-31-28)19(11-15)33-7-5-32(6-8-33)13-17-12-16(3-4-29-17)22(24,25)26/h3-4,10-12,14,31H,5-9,13,28H2,1-2H3,(H2,27,30). The summed E-state index contributed by atoms with van der Waals surface area (Å²) in [5.74, 6) is 5.04. The molecule has 0 unspecified atom stereocenters. The number of nitrogens with zero attached hydrogens (tertiary/aromatic N) is 4. The van der Waals surface area contributed by atoms with Gasteiger partial charge in [-0.25, -0.2) is 15.8 Å². The first-order valence-electron chi connectivity index (χ1n) is 10.7. The monoisotopic (exact) mass is 467 g/mol. The van der Waals surface area contributed by atoms with Gasteiger partial charge in [0.15, 0.2) is 5.84 Å². The van der Waals surface area contributed by atoms with E-state index < -0.39 is 17.6 Å². The van der Waals surface area contributed by atoms with Gasteiger partial charge in [-0.3, -0.25) is 9.88 Å². The molecule has 5 N–H and O–H groups in total. The zero-order valence-corrected chi connectivity index (χ0v) is 18.7. The summed E-state index contributed by atoms with van der Waals surface area (Å²) in [4.78, 5) is 8.11. The summed E-state index contributed by atoms with van der Waals surface area (Å²) >= 11 is 0. The quantitative estimate of drug-likeness (QED) is 0.191. The van der Waals surface area contributed by atoms with E-state index in [0.29, 0.717) is 56.4 Å². The van der Waals surface area contributed by atoms with Crippen molar-refractivity contribution < 1.29 is 17.6 Å². The minimum atomic E-state index is -4.41. The van der Waals surface area contributed by atoms with Crippen LogP contribution in [0.15, 0.2) is 35.6 Å². The molecule has 1 aliphatic heterocycles. The Hall–Kier alpha value is -2.92. The predicted molar refractivity (Wildman–Crippen MR) is 120 cm³/mol. The van der Waals surface area contributed by atoms with Crippen LogP contribution in [0.25, 0.3) is 0 Å². The number of nitrogens with one attached hydrogen (secondary N) is 1. The van der Waals surface area contributed by atoms with E-state index in [-0.39, 0.29) is 11.4 Å². The van der Waals surface area contributed by atoms with E-state index in [2.05, 4.69) is 29.5 Å². The molecular weight excluding hydrogens is 438 g/mol. The van der Waals surface area contributed by atoms with E-state index in [4.69, 9.17) is 11.6 Å². The summed E-state index contributed by atoms with van der Waals surface area (Å²) in [7, 11) is 0. The molecular formula is C22H29F4N7. The van der Waals surface area contributed by atoms with Crippen molar-refractivity contribution in [3.05, 3.63) is 58.7 Å². The highest BCUT2D eigenvalue weighted by atomic mass is 19.4. The number of nitrogens with two attached hydrogens (primary N) is 2. The van der Waals surface area contributed by atoms with Crippen molar-refractivity contribution in [3.63, 3.8) is 0 Å². The van der Waals surface area contributed by atoms with E-state index in [1.807, 2.05) is 15.9 Å². The third-order valence-corrected chi connectivity index (χ3v) is 5.46. The number of pyridine rings is 1. The largest absolute Gasteiger partial charge is 0.416 e. The third kappa shape index (κ3) is 6.32. The van der Waals surface area contributed by atoms with E-state index in [0.717, 1.165) is 17.7 Å². The van der Waals surface area contributed by atoms with E-state index in [9.17, 15) is 13.2 Å². The minimum absolute atomic E-state index is 0.0586. The number of hydrazone groups is 1. The van der Waals surface area contributed by atoms with Gasteiger partial charge in [0.25, 0.3) is 0 Å². The predicted octanol–water partition coefficient (Wildman–Crippen LogP) is 2.84. The number of piperazine rings is 1. The lowest BCUT2D eigenvalue weighted by atomic mass is 9.98. The summed E-state index contributed by atoms with van der Waals surface area (Å²) < 4.78 is 54.0. The first-order chi connectivity index (χ1) is 15.6. The average Bonchev–Trinajstić information content (AvgIpc) is 2.73. The topological polar surface area (TPSA) is 95.8 Å². The molecule has 0 amide bonds. The molecule has 0 bridgehead atoms. The van der Waals surface area contributed by atoms with Crippen LogP contribution in [0.2, 0.25) is 0 Å². The maximum atomic E-state index is 15.0. The first-order valence-corrected chi connectivity index (χ1v) is 10.7. The number of anilines is 1. The summed E-state index contributed by atoms with van der Waals surface area (Å²) in [6.07, 6.45) is -2.52. The van der Waals surface area contributed by atoms with Crippen molar-refractivity contribution in [1.82, 2.24) is 15.4 Å². The fraction of sp³-hybridized carbons (Fsp3) is 0.455. The van der Waals surface area contributed by atoms with Crippen LogP contribution in [0, 0.1) is 11.7 Å². The molecule has 2 heterocycles. The normalized spacial score (nSPS) is 15.9. The lowest BCUT2D eigenvalue weighted by Gasteiger charge is -2.37. The number of hydrogen-bond donors (Lipinski definition) is 3. The summed E-state index contributed by atoms with van der Waals surface area (Å²) in [6, 6.07) is 5.42. The Balaban J connectivity index is 1.78. The minimum Gasteiger partial charge on any atom is -0.382 e. The molecule has 0 atom stereocenters. The van der Waals surface area contributed by atoms with E-state index in [1.54, 1.807) is 0 Å². The Morgan fingerprint density at radius 3 is 2.48 bits per heavy atom. The van der Waals surface area contributed by atoms with Crippen molar-refractivity contribution in [3.8, 4) is 0 Å². The molecule has 3 rings (SSSR count). The van der Waals surface area contributed by atoms with Gasteiger partial charge in [0.1, 0.15) is 5.82 Å². The number of hydrogen-bond acceptors (Lipinski definition) is 6. The molecule has 33 heavy (non-hydrogen) atoms. The number of benzene rings is 1. The second kappa shape index (κ2) is 10.3. The second-order valence-electron chi connectivity index (χ2n) is 8.49. The summed E-state index contributed by atoms with van der Waals surface area (Å²) in [5, 5.41) is 3.75. The van der Waals surface area contributed by atoms with Crippen molar-refractivity contribution in [2.45, 2.75) is 33.0 Å². The van der Waals surface area contributed by atoms with Crippen molar-refractivity contribution >= 4 is 11.5 Å². The van der Waals surface area contributed by atoms with Crippen LogP contribution in [0.3, 0.4) is 0 Å². The van der Waals surface area contributed by atoms with Crippen LogP contribution in [-0.2, 0) is 19.1 Å². The average molecular weight is 468 g/mol. The van der Waals surface area contributed by atoms with Crippen LogP contribution in [0.4, 0.5) is 23.2 Å². The van der Waals surface area contributed by atoms with E-state index in [1.165, 1.54) is 12.3 Å². The summed E-state index contributed by atoms with van der Waals surface area (Å²) in [6.45, 7) is 6.63. The zero-order valence-electron chi connectivity index (χ0n) is 18.7. The SMILES string of the molecule is CC(C)Cc1cc(F)c(/C(N)=N/NN)c(N2CCN(Cc3cc(C(F)(F)F)ccn3)CC2)c1. The smallest absolute Gasteiger partial charge is 0.382 e. The number of halogens is 4. The zero-order chi connectivity index (χ0) is 24.2. The highest BCUT2D eigenvalue weighted by Crippen LogP contribution is 2.30. The number of rotatable bonds is 7. The highest BCUT2D eigenvalue weighted by Gasteiger charge is 2.31. The Morgan fingerprint density at radius 1 is 1.18 bits per heavy atom. The lowest BCUT2D eigenvalue weighted by molar-refractivity contribution is -0.137. The lowest BCUT2D eigenvalue weighted by Crippen LogP contribution is -2.46. The number of aromatic nitrogens is 1. The fourth-order valence-corrected chi connectivity index (χ4v) is 3.98. The van der Waals surface area contributed by atoms with Crippen molar-refractivity contribution in [2.75, 3.05) is 31.1 Å². The molecule has 0 saturated carbocycles. The van der Waals surface area contributed by atoms with Gasteiger partial charge in [-0.05, 0) is 42.2 Å². The van der Waals surface area contributed by atoms with Crippen LogP contribution < -0.4 is 22.0 Å². The molecule has 1 aromatic heterocycles. The molecule has 1 saturated heterocycles. The van der Waals surface area contributed by atoms with Gasteiger partial charge in [0, 0.05) is 38.9 Å². The maximum absolute atomic E-state index is 15.0. The summed E-state index contributed by atoms with van der Waals surface area (Å²) in [5.41, 5.74) is 9.37. The molecule has 0 aliphatic carbocycles. The number of amidine groups is 1. The third-order valence-electron chi connectivity index (χ3n) is 5.46. The van der Waals surface area contributed by atoms with Crippen molar-refractivity contribution in [1.29, 1.82) is 0 Å². The highest BCUT2D eigenvalue weighted by molar-refractivity contribution is 6.02. The molecule has 1 aromatic carbocycles. The van der Waals surface area contributed by atoms with Gasteiger partial charge in [0.2, 0.25) is 0 Å². The van der Waals surface area contributed by atoms with Gasteiger partial charge >= 0.3 is 6.18 Å². The van der Waals surface area contributed by atoms with Gasteiger partial charge in [-0.15, -0.1) is 5.10 Å². The van der Waals surface area contributed by atoms with Crippen LogP contribution >= 0.6 is 0 Å². The number of alkyl halides is 3. The number of hydrazine groups is 1. The Bertz CT molecular complexity index is 983. The van der Waals surface area contributed by atoms with Crippen LogP contribution in [-0.4, -0.2) is 41.9 Å². The van der Waals surface area contributed by atoms with Crippen LogP contribution in [0.1, 0.15) is 36.2 Å². The Kier molecular flexibility index (Phi) is 7.75. The fourth-order valence-electron chi connectivity index (χ4n) is 3.98. The molecule has 2 aromatic rings. The van der Waals surface area contributed by atoms with Gasteiger partial charge < -0.3 is 10.6 Å². The molecule has 0 radical (unpaired) electrons. The Labute approximate surface area is 190 Å². The van der Waals surface area contributed by atoms with Crippen LogP contribution in [0.5, 0.6) is 0 Å².